The monoisotopic (exact) mass is 445 g/mol. The summed E-state index contributed by atoms with van der Waals surface area (Å²) in [4.78, 5) is 4.31. The lowest BCUT2D eigenvalue weighted by molar-refractivity contribution is -0.274. The molecule has 0 spiro atoms. The zero-order valence-corrected chi connectivity index (χ0v) is 15.7. The molecule has 1 unspecified atom stereocenters. The molecule has 1 atom stereocenters. The molecule has 0 saturated carbocycles. The van der Waals surface area contributed by atoms with Crippen molar-refractivity contribution in [1.82, 2.24) is 10.6 Å². The molecule has 0 bridgehead atoms. The topological polar surface area (TPSA) is 45.7 Å². The lowest BCUT2D eigenvalue weighted by atomic mass is 10.2. The number of guanidine groups is 1. The van der Waals surface area contributed by atoms with Gasteiger partial charge >= 0.3 is 6.36 Å². The second kappa shape index (κ2) is 10.6. The van der Waals surface area contributed by atoms with E-state index >= 15 is 0 Å². The fraction of sp³-hybridized carbons (Fsp3) is 0.533. The van der Waals surface area contributed by atoms with Gasteiger partial charge in [-0.3, -0.25) is 0 Å². The molecule has 0 heterocycles. The number of nitrogens with one attached hydrogen (secondary N) is 2. The highest BCUT2D eigenvalue weighted by molar-refractivity contribution is 14.0. The molecule has 132 valence electrons. The van der Waals surface area contributed by atoms with E-state index < -0.39 is 6.36 Å². The van der Waals surface area contributed by atoms with Crippen molar-refractivity contribution >= 4 is 29.9 Å². The molecule has 0 fully saturated rings. The number of hydrogen-bond acceptors (Lipinski definition) is 2. The maximum Gasteiger partial charge on any atom is 0.573 e. The molecule has 0 saturated heterocycles. The van der Waals surface area contributed by atoms with Crippen molar-refractivity contribution in [3.05, 3.63) is 29.8 Å². The van der Waals surface area contributed by atoms with E-state index in [1.807, 2.05) is 20.8 Å². The van der Waals surface area contributed by atoms with Crippen molar-refractivity contribution in [3.63, 3.8) is 0 Å². The predicted molar refractivity (Wildman–Crippen MR) is 96.2 cm³/mol. The summed E-state index contributed by atoms with van der Waals surface area (Å²) >= 11 is 0. The molecular weight excluding hydrogens is 422 g/mol. The van der Waals surface area contributed by atoms with E-state index in [2.05, 4.69) is 20.4 Å². The molecule has 23 heavy (non-hydrogen) atoms. The molecule has 0 radical (unpaired) electrons. The molecule has 2 N–H and O–H groups in total. The van der Waals surface area contributed by atoms with Crippen molar-refractivity contribution in [2.45, 2.75) is 46.1 Å². The van der Waals surface area contributed by atoms with Gasteiger partial charge in [-0.1, -0.05) is 25.1 Å². The van der Waals surface area contributed by atoms with Gasteiger partial charge in [0.05, 0.1) is 6.54 Å². The lowest BCUT2D eigenvalue weighted by Gasteiger charge is -2.17. The number of benzene rings is 1. The van der Waals surface area contributed by atoms with E-state index in [4.69, 9.17) is 0 Å². The van der Waals surface area contributed by atoms with E-state index in [0.717, 1.165) is 6.42 Å². The van der Waals surface area contributed by atoms with Crippen molar-refractivity contribution in [1.29, 1.82) is 0 Å². The minimum atomic E-state index is -4.71. The van der Waals surface area contributed by atoms with Crippen molar-refractivity contribution in [2.24, 2.45) is 4.99 Å². The maximum atomic E-state index is 12.4. The summed E-state index contributed by atoms with van der Waals surface area (Å²) in [5.41, 5.74) is 0.376. The maximum absolute atomic E-state index is 12.4. The van der Waals surface area contributed by atoms with Gasteiger partial charge in [0.15, 0.2) is 5.96 Å². The Bertz CT molecular complexity index is 495. The molecule has 1 aromatic carbocycles. The van der Waals surface area contributed by atoms with Crippen molar-refractivity contribution in [2.75, 3.05) is 6.54 Å². The second-order valence-corrected chi connectivity index (χ2v) is 4.80. The minimum absolute atomic E-state index is 0. The predicted octanol–water partition coefficient (Wildman–Crippen LogP) is 4.06. The molecule has 1 aromatic rings. The first kappa shape index (κ1) is 21.8. The zero-order valence-electron chi connectivity index (χ0n) is 13.4. The minimum Gasteiger partial charge on any atom is -0.405 e. The van der Waals surface area contributed by atoms with Gasteiger partial charge in [0.1, 0.15) is 5.75 Å². The van der Waals surface area contributed by atoms with Crippen LogP contribution in [0.5, 0.6) is 5.75 Å². The molecule has 0 aliphatic heterocycles. The van der Waals surface area contributed by atoms with Gasteiger partial charge in [0, 0.05) is 18.2 Å². The number of alkyl halides is 3. The summed E-state index contributed by atoms with van der Waals surface area (Å²) in [6.07, 6.45) is -3.79. The normalized spacial score (nSPS) is 13.0. The van der Waals surface area contributed by atoms with Crippen LogP contribution in [0.1, 0.15) is 32.8 Å². The number of nitrogens with zero attached hydrogens (tertiary/aromatic N) is 1. The van der Waals surface area contributed by atoms with Gasteiger partial charge in [-0.15, -0.1) is 37.1 Å². The van der Waals surface area contributed by atoms with Gasteiger partial charge in [-0.2, -0.15) is 0 Å². The number of para-hydroxylation sites is 1. The van der Waals surface area contributed by atoms with E-state index in [-0.39, 0.29) is 42.3 Å². The van der Waals surface area contributed by atoms with E-state index in [1.54, 1.807) is 12.1 Å². The van der Waals surface area contributed by atoms with Crippen LogP contribution in [-0.4, -0.2) is 24.9 Å². The number of ether oxygens (including phenoxy) is 1. The smallest absolute Gasteiger partial charge is 0.405 e. The summed E-state index contributed by atoms with van der Waals surface area (Å²) < 4.78 is 41.1. The average molecular weight is 445 g/mol. The lowest BCUT2D eigenvalue weighted by Crippen LogP contribution is -2.41. The molecule has 0 aliphatic carbocycles. The third-order valence-electron chi connectivity index (χ3n) is 2.95. The van der Waals surface area contributed by atoms with Crippen LogP contribution in [0.15, 0.2) is 29.3 Å². The van der Waals surface area contributed by atoms with Crippen LogP contribution in [0.3, 0.4) is 0 Å². The summed E-state index contributed by atoms with van der Waals surface area (Å²) in [5.74, 6) is 0.344. The quantitative estimate of drug-likeness (QED) is 0.395. The van der Waals surface area contributed by atoms with Crippen LogP contribution in [0.4, 0.5) is 13.2 Å². The van der Waals surface area contributed by atoms with Crippen LogP contribution in [-0.2, 0) is 6.54 Å². The first-order chi connectivity index (χ1) is 10.4. The van der Waals surface area contributed by atoms with E-state index in [0.29, 0.717) is 18.1 Å². The molecule has 4 nitrogen and oxygen atoms in total. The standard InChI is InChI=1S/C15H22F3N3O.HI/c1-4-11(3)21-14(19-5-2)20-10-12-8-6-7-9-13(12)22-15(16,17)18;/h6-9,11H,4-5,10H2,1-3H3,(H2,19,20,21);1H. The molecule has 0 aromatic heterocycles. The first-order valence-corrected chi connectivity index (χ1v) is 7.24. The van der Waals surface area contributed by atoms with E-state index in [9.17, 15) is 13.2 Å². The number of aliphatic imine (C=N–C) groups is 1. The van der Waals surface area contributed by atoms with Gasteiger partial charge in [-0.25, -0.2) is 4.99 Å². The molecule has 0 aliphatic rings. The van der Waals surface area contributed by atoms with Crippen molar-refractivity contribution in [3.8, 4) is 5.75 Å². The van der Waals surface area contributed by atoms with Gasteiger partial charge in [0.2, 0.25) is 0 Å². The van der Waals surface area contributed by atoms with Crippen LogP contribution in [0.25, 0.3) is 0 Å². The van der Waals surface area contributed by atoms with Gasteiger partial charge in [-0.05, 0) is 26.3 Å². The Balaban J connectivity index is 0.00000484. The Morgan fingerprint density at radius 2 is 1.91 bits per heavy atom. The number of rotatable bonds is 6. The summed E-state index contributed by atoms with van der Waals surface area (Å²) in [5, 5.41) is 6.24. The third kappa shape index (κ3) is 8.87. The second-order valence-electron chi connectivity index (χ2n) is 4.80. The van der Waals surface area contributed by atoms with Crippen molar-refractivity contribution < 1.29 is 17.9 Å². The van der Waals surface area contributed by atoms with Crippen LogP contribution in [0.2, 0.25) is 0 Å². The van der Waals surface area contributed by atoms with Crippen LogP contribution >= 0.6 is 24.0 Å². The highest BCUT2D eigenvalue weighted by Crippen LogP contribution is 2.26. The summed E-state index contributed by atoms with van der Waals surface area (Å²) in [6.45, 7) is 6.73. The number of halogens is 4. The number of hydrogen-bond donors (Lipinski definition) is 2. The fourth-order valence-electron chi connectivity index (χ4n) is 1.68. The van der Waals surface area contributed by atoms with Gasteiger partial charge < -0.3 is 15.4 Å². The Labute approximate surface area is 151 Å². The van der Waals surface area contributed by atoms with Crippen LogP contribution in [0, 0.1) is 0 Å². The largest absolute Gasteiger partial charge is 0.573 e. The Morgan fingerprint density at radius 1 is 1.26 bits per heavy atom. The molecular formula is C15H23F3IN3O. The first-order valence-electron chi connectivity index (χ1n) is 7.24. The Kier molecular flexibility index (Phi) is 10.0. The fourth-order valence-corrected chi connectivity index (χ4v) is 1.68. The van der Waals surface area contributed by atoms with E-state index in [1.165, 1.54) is 12.1 Å². The SMILES string of the molecule is CCNC(=NCc1ccccc1OC(F)(F)F)NC(C)CC.I. The highest BCUT2D eigenvalue weighted by Gasteiger charge is 2.31. The Hall–Kier alpha value is -1.19. The Morgan fingerprint density at radius 3 is 2.48 bits per heavy atom. The molecule has 8 heteroatoms. The summed E-state index contributed by atoms with van der Waals surface area (Å²) in [6, 6.07) is 6.23. The average Bonchev–Trinajstić information content (AvgIpc) is 2.44. The molecule has 0 amide bonds. The highest BCUT2D eigenvalue weighted by atomic mass is 127. The van der Waals surface area contributed by atoms with Gasteiger partial charge in [0.25, 0.3) is 0 Å². The zero-order chi connectivity index (χ0) is 16.6. The summed E-state index contributed by atoms with van der Waals surface area (Å²) in [7, 11) is 0. The third-order valence-corrected chi connectivity index (χ3v) is 2.95. The van der Waals surface area contributed by atoms with Crippen LogP contribution < -0.4 is 15.4 Å². The molecule has 1 rings (SSSR count).